The van der Waals surface area contributed by atoms with Crippen LogP contribution in [0.2, 0.25) is 0 Å². The smallest absolute Gasteiger partial charge is 0.000439 e. The normalized spacial score (nSPS) is 19.1. The van der Waals surface area contributed by atoms with Crippen LogP contribution in [-0.2, 0) is 0 Å². The molecule has 0 bridgehead atoms. The van der Waals surface area contributed by atoms with E-state index in [4.69, 9.17) is 5.73 Å². The molecule has 1 aliphatic rings. The van der Waals surface area contributed by atoms with Gasteiger partial charge in [0.05, 0.1) is 0 Å². The maximum absolute atomic E-state index is 6.13. The molecule has 2 rings (SSSR count). The highest BCUT2D eigenvalue weighted by atomic mass is 15.1. The number of likely N-dealkylation sites (tertiary alicyclic amines) is 1. The summed E-state index contributed by atoms with van der Waals surface area (Å²) >= 11 is 0. The fraction of sp³-hybridized carbons (Fsp3) is 0.684. The SMILES string of the molecule is Cc1ccc(C(CN)C2CCN(CC(C)C)CC2)cc1C. The van der Waals surface area contributed by atoms with Crippen molar-refractivity contribution < 1.29 is 0 Å². The van der Waals surface area contributed by atoms with Gasteiger partial charge in [0, 0.05) is 6.54 Å². The van der Waals surface area contributed by atoms with Crippen molar-refractivity contribution in [3.05, 3.63) is 34.9 Å². The van der Waals surface area contributed by atoms with Crippen LogP contribution in [0.25, 0.3) is 0 Å². The topological polar surface area (TPSA) is 29.3 Å². The zero-order chi connectivity index (χ0) is 15.4. The van der Waals surface area contributed by atoms with E-state index in [1.54, 1.807) is 0 Å². The van der Waals surface area contributed by atoms with Gasteiger partial charge >= 0.3 is 0 Å². The van der Waals surface area contributed by atoms with Crippen molar-refractivity contribution in [2.45, 2.75) is 46.5 Å². The third-order valence-electron chi connectivity index (χ3n) is 5.04. The van der Waals surface area contributed by atoms with Gasteiger partial charge in [0.15, 0.2) is 0 Å². The number of aryl methyl sites for hydroxylation is 2. The Labute approximate surface area is 130 Å². The van der Waals surface area contributed by atoms with Crippen molar-refractivity contribution in [2.75, 3.05) is 26.2 Å². The minimum absolute atomic E-state index is 0.533. The minimum Gasteiger partial charge on any atom is -0.330 e. The number of nitrogens with two attached hydrogens (primary N) is 1. The average Bonchev–Trinajstić information content (AvgIpc) is 2.45. The van der Waals surface area contributed by atoms with Gasteiger partial charge in [0.2, 0.25) is 0 Å². The molecule has 21 heavy (non-hydrogen) atoms. The molecular formula is C19H32N2. The zero-order valence-corrected chi connectivity index (χ0v) is 14.2. The van der Waals surface area contributed by atoms with Crippen LogP contribution in [0.5, 0.6) is 0 Å². The lowest BCUT2D eigenvalue weighted by molar-refractivity contribution is 0.155. The maximum Gasteiger partial charge on any atom is 0.000439 e. The molecule has 0 aromatic heterocycles. The predicted octanol–water partition coefficient (Wildman–Crippen LogP) is 3.71. The summed E-state index contributed by atoms with van der Waals surface area (Å²) in [6, 6.07) is 6.90. The van der Waals surface area contributed by atoms with Gasteiger partial charge in [-0.1, -0.05) is 32.0 Å². The van der Waals surface area contributed by atoms with Crippen LogP contribution < -0.4 is 5.73 Å². The van der Waals surface area contributed by atoms with Crippen LogP contribution in [0.1, 0.15) is 49.3 Å². The van der Waals surface area contributed by atoms with Gasteiger partial charge in [0.1, 0.15) is 0 Å². The van der Waals surface area contributed by atoms with Gasteiger partial charge in [-0.05, 0) is 80.8 Å². The van der Waals surface area contributed by atoms with E-state index in [1.807, 2.05) is 0 Å². The third kappa shape index (κ3) is 4.31. The Morgan fingerprint density at radius 2 is 1.81 bits per heavy atom. The van der Waals surface area contributed by atoms with Crippen molar-refractivity contribution in [1.82, 2.24) is 4.90 Å². The molecule has 1 aromatic carbocycles. The maximum atomic E-state index is 6.13. The molecule has 2 heteroatoms. The lowest BCUT2D eigenvalue weighted by Crippen LogP contribution is -2.38. The molecule has 1 atom stereocenters. The number of hydrogen-bond donors (Lipinski definition) is 1. The lowest BCUT2D eigenvalue weighted by Gasteiger charge is -2.36. The number of piperidine rings is 1. The first-order valence-corrected chi connectivity index (χ1v) is 8.50. The van der Waals surface area contributed by atoms with E-state index in [1.165, 1.54) is 49.2 Å². The van der Waals surface area contributed by atoms with E-state index in [9.17, 15) is 0 Å². The van der Waals surface area contributed by atoms with Crippen LogP contribution in [0.15, 0.2) is 18.2 Å². The molecule has 1 heterocycles. The summed E-state index contributed by atoms with van der Waals surface area (Å²) in [5.74, 6) is 2.05. The quantitative estimate of drug-likeness (QED) is 0.895. The monoisotopic (exact) mass is 288 g/mol. The van der Waals surface area contributed by atoms with E-state index >= 15 is 0 Å². The fourth-order valence-corrected chi connectivity index (χ4v) is 3.65. The standard InChI is InChI=1S/C19H32N2/c1-14(2)13-21-9-7-17(8-10-21)19(12-20)18-6-5-15(3)16(4)11-18/h5-6,11,14,17,19H,7-10,12-13,20H2,1-4H3. The van der Waals surface area contributed by atoms with Crippen LogP contribution in [-0.4, -0.2) is 31.1 Å². The summed E-state index contributed by atoms with van der Waals surface area (Å²) < 4.78 is 0. The Hall–Kier alpha value is -0.860. The van der Waals surface area contributed by atoms with E-state index in [2.05, 4.69) is 50.8 Å². The van der Waals surface area contributed by atoms with Crippen molar-refractivity contribution in [1.29, 1.82) is 0 Å². The third-order valence-corrected chi connectivity index (χ3v) is 5.04. The number of hydrogen-bond acceptors (Lipinski definition) is 2. The Kier molecular flexibility index (Phi) is 5.83. The molecular weight excluding hydrogens is 256 g/mol. The van der Waals surface area contributed by atoms with Crippen molar-refractivity contribution in [3.8, 4) is 0 Å². The van der Waals surface area contributed by atoms with Gasteiger partial charge in [-0.2, -0.15) is 0 Å². The van der Waals surface area contributed by atoms with Gasteiger partial charge in [0.25, 0.3) is 0 Å². The highest BCUT2D eigenvalue weighted by molar-refractivity contribution is 5.32. The molecule has 2 nitrogen and oxygen atoms in total. The number of nitrogens with zero attached hydrogens (tertiary/aromatic N) is 1. The molecule has 1 aromatic rings. The number of rotatable bonds is 5. The summed E-state index contributed by atoms with van der Waals surface area (Å²) in [6.45, 7) is 13.5. The van der Waals surface area contributed by atoms with Gasteiger partial charge in [-0.25, -0.2) is 0 Å². The molecule has 1 fully saturated rings. The number of benzene rings is 1. The molecule has 0 saturated carbocycles. The summed E-state index contributed by atoms with van der Waals surface area (Å²) in [5.41, 5.74) is 10.3. The average molecular weight is 288 g/mol. The first kappa shape index (κ1) is 16.5. The summed E-state index contributed by atoms with van der Waals surface area (Å²) in [7, 11) is 0. The Bertz CT molecular complexity index is 445. The van der Waals surface area contributed by atoms with Gasteiger partial charge < -0.3 is 10.6 Å². The van der Waals surface area contributed by atoms with Crippen molar-refractivity contribution >= 4 is 0 Å². The molecule has 2 N–H and O–H groups in total. The summed E-state index contributed by atoms with van der Waals surface area (Å²) in [5, 5.41) is 0. The molecule has 0 radical (unpaired) electrons. The van der Waals surface area contributed by atoms with Crippen LogP contribution in [0, 0.1) is 25.7 Å². The molecule has 1 unspecified atom stereocenters. The second-order valence-electron chi connectivity index (χ2n) is 7.22. The second-order valence-corrected chi connectivity index (χ2v) is 7.22. The predicted molar refractivity (Wildman–Crippen MR) is 91.7 cm³/mol. The van der Waals surface area contributed by atoms with Gasteiger partial charge in [-0.15, -0.1) is 0 Å². The van der Waals surface area contributed by atoms with E-state index < -0.39 is 0 Å². The first-order valence-electron chi connectivity index (χ1n) is 8.50. The highest BCUT2D eigenvalue weighted by Crippen LogP contribution is 2.33. The lowest BCUT2D eigenvalue weighted by atomic mass is 9.79. The van der Waals surface area contributed by atoms with E-state index in [0.29, 0.717) is 5.92 Å². The largest absolute Gasteiger partial charge is 0.330 e. The zero-order valence-electron chi connectivity index (χ0n) is 14.2. The highest BCUT2D eigenvalue weighted by Gasteiger charge is 2.27. The van der Waals surface area contributed by atoms with Crippen LogP contribution in [0.3, 0.4) is 0 Å². The van der Waals surface area contributed by atoms with Crippen molar-refractivity contribution in [2.24, 2.45) is 17.6 Å². The van der Waals surface area contributed by atoms with Crippen molar-refractivity contribution in [3.63, 3.8) is 0 Å². The van der Waals surface area contributed by atoms with Crippen LogP contribution >= 0.6 is 0 Å². The second kappa shape index (κ2) is 7.42. The first-order chi connectivity index (χ1) is 10.0. The molecule has 0 amide bonds. The molecule has 1 aliphatic heterocycles. The van der Waals surface area contributed by atoms with E-state index in [0.717, 1.165) is 18.4 Å². The molecule has 1 saturated heterocycles. The van der Waals surface area contributed by atoms with Crippen LogP contribution in [0.4, 0.5) is 0 Å². The molecule has 0 spiro atoms. The summed E-state index contributed by atoms with van der Waals surface area (Å²) in [6.07, 6.45) is 2.59. The Morgan fingerprint density at radius 3 is 2.33 bits per heavy atom. The Balaban J connectivity index is 2.00. The van der Waals surface area contributed by atoms with E-state index in [-0.39, 0.29) is 0 Å². The Morgan fingerprint density at radius 1 is 1.14 bits per heavy atom. The summed E-state index contributed by atoms with van der Waals surface area (Å²) in [4.78, 5) is 2.62. The molecule has 118 valence electrons. The minimum atomic E-state index is 0.533. The van der Waals surface area contributed by atoms with Gasteiger partial charge in [-0.3, -0.25) is 0 Å². The molecule has 0 aliphatic carbocycles. The fourth-order valence-electron chi connectivity index (χ4n) is 3.65.